The Balaban J connectivity index is 0.000000142. The SMILES string of the molecule is CCCc1cc(C(=O)Nc2cc(C)ccc2O)no1.Cc1ccc(O)c(NC(=O)c2cc(-c3cccnc3)on2)c1.Cc1ccc(O)c(NC(=O)c2cc(-c3cccs3)on2)c1.Cc1ccc(O)c(NC(=O)c2cc(C3CC3)on2)c1. The maximum atomic E-state index is 12.2. The van der Waals surface area contributed by atoms with E-state index in [4.69, 9.17) is 18.1 Å². The summed E-state index contributed by atoms with van der Waals surface area (Å²) < 4.78 is 20.5. The van der Waals surface area contributed by atoms with E-state index in [2.05, 4.69) is 46.9 Å². The number of anilines is 4. The zero-order valence-electron chi connectivity index (χ0n) is 44.4. The van der Waals surface area contributed by atoms with Crippen LogP contribution in [0.15, 0.2) is 157 Å². The number of aromatic nitrogens is 5. The fraction of sp³-hybridized carbons (Fsp3) is 0.169. The van der Waals surface area contributed by atoms with Gasteiger partial charge in [-0.25, -0.2) is 0 Å². The molecule has 6 heterocycles. The zero-order chi connectivity index (χ0) is 57.6. The molecule has 6 aromatic heterocycles. The number of aromatic hydroxyl groups is 4. The van der Waals surface area contributed by atoms with Crippen LogP contribution in [0.1, 0.15) is 108 Å². The number of rotatable bonds is 13. The van der Waals surface area contributed by atoms with E-state index in [-0.39, 0.29) is 51.7 Å². The zero-order valence-corrected chi connectivity index (χ0v) is 45.2. The summed E-state index contributed by atoms with van der Waals surface area (Å²) in [4.78, 5) is 53.1. The van der Waals surface area contributed by atoms with Crippen molar-refractivity contribution in [3.63, 3.8) is 0 Å². The summed E-state index contributed by atoms with van der Waals surface area (Å²) in [6.07, 6.45) is 7.12. The Morgan fingerprint density at radius 2 is 0.951 bits per heavy atom. The highest BCUT2D eigenvalue weighted by molar-refractivity contribution is 7.13. The fourth-order valence-corrected chi connectivity index (χ4v) is 8.10. The van der Waals surface area contributed by atoms with Crippen molar-refractivity contribution < 1.29 is 57.7 Å². The number of thiophene rings is 1. The highest BCUT2D eigenvalue weighted by Gasteiger charge is 2.29. The minimum Gasteiger partial charge on any atom is -0.506 e. The maximum absolute atomic E-state index is 12.2. The van der Waals surface area contributed by atoms with Crippen LogP contribution >= 0.6 is 11.3 Å². The standard InChI is InChI=1S/C16H13N3O3.C15H12N2O3S.C14H14N2O3.C14H16N2O3/c1-10-4-5-14(20)12(7-10)18-16(21)13-8-15(22-19-13)11-3-2-6-17-9-11;1-9-4-5-12(18)10(7-9)16-15(19)11-8-13(20-17-11)14-3-2-6-21-14;1-8-2-5-12(17)10(6-8)15-14(18)11-7-13(19-16-11)9-3-4-9;1-3-4-10-8-12(16-19-10)14(18)15-11-7-9(2)5-6-13(11)17/h2-9,20H,1H3,(H,18,21);2-8,18H,1H3,(H,16,19);2,5-7,9,17H,3-4H2,1H3,(H,15,18);5-8,17H,3-4H2,1-2H3,(H,15,18). The molecule has 22 heteroatoms. The highest BCUT2D eigenvalue weighted by atomic mass is 32.1. The van der Waals surface area contributed by atoms with Gasteiger partial charge in [0.1, 0.15) is 34.5 Å². The number of nitrogens with zero attached hydrogens (tertiary/aromatic N) is 5. The molecule has 8 N–H and O–H groups in total. The van der Waals surface area contributed by atoms with Crippen LogP contribution in [-0.2, 0) is 6.42 Å². The monoisotopic (exact) mass is 1110 g/mol. The third-order valence-electron chi connectivity index (χ3n) is 11.8. The smallest absolute Gasteiger partial charge is 0.277 e. The van der Waals surface area contributed by atoms with Crippen LogP contribution in [0.25, 0.3) is 22.0 Å². The average molecular weight is 1110 g/mol. The lowest BCUT2D eigenvalue weighted by Gasteiger charge is -2.06. The number of aryl methyl sites for hydroxylation is 5. The van der Waals surface area contributed by atoms with Crippen LogP contribution < -0.4 is 21.3 Å². The van der Waals surface area contributed by atoms with E-state index in [1.807, 2.05) is 58.2 Å². The molecule has 21 nitrogen and oxygen atoms in total. The summed E-state index contributed by atoms with van der Waals surface area (Å²) in [5.74, 6) is 1.26. The number of phenols is 4. The molecule has 414 valence electrons. The van der Waals surface area contributed by atoms with Crippen LogP contribution in [0.3, 0.4) is 0 Å². The van der Waals surface area contributed by atoms with Gasteiger partial charge >= 0.3 is 0 Å². The van der Waals surface area contributed by atoms with Crippen molar-refractivity contribution in [1.82, 2.24) is 25.6 Å². The van der Waals surface area contributed by atoms with Gasteiger partial charge < -0.3 is 59.8 Å². The summed E-state index contributed by atoms with van der Waals surface area (Å²) in [5.41, 5.74) is 6.64. The Hall–Kier alpha value is -10.4. The lowest BCUT2D eigenvalue weighted by Crippen LogP contribution is -2.12. The van der Waals surface area contributed by atoms with Gasteiger partial charge in [-0.2, -0.15) is 0 Å². The van der Waals surface area contributed by atoms with Crippen LogP contribution in [0, 0.1) is 27.7 Å². The molecule has 0 saturated heterocycles. The highest BCUT2D eigenvalue weighted by Crippen LogP contribution is 2.40. The van der Waals surface area contributed by atoms with Gasteiger partial charge in [-0.15, -0.1) is 11.3 Å². The number of nitrogens with one attached hydrogen (secondary N) is 4. The second kappa shape index (κ2) is 26.3. The molecule has 11 rings (SSSR count). The van der Waals surface area contributed by atoms with E-state index in [1.54, 1.807) is 91.3 Å². The minimum absolute atomic E-state index is 0.00470. The number of phenolic OH excluding ortho intramolecular Hbond substituents is 4. The first-order valence-electron chi connectivity index (χ1n) is 25.2. The molecule has 1 fully saturated rings. The number of benzene rings is 4. The van der Waals surface area contributed by atoms with Crippen molar-refractivity contribution in [2.45, 2.75) is 66.2 Å². The van der Waals surface area contributed by atoms with Crippen molar-refractivity contribution in [3.05, 3.63) is 196 Å². The first-order chi connectivity index (χ1) is 39.0. The lowest BCUT2D eigenvalue weighted by molar-refractivity contribution is 0.101. The van der Waals surface area contributed by atoms with Crippen molar-refractivity contribution in [1.29, 1.82) is 0 Å². The van der Waals surface area contributed by atoms with E-state index in [0.29, 0.717) is 45.9 Å². The molecule has 1 aliphatic rings. The summed E-state index contributed by atoms with van der Waals surface area (Å²) in [6.45, 7) is 9.53. The fourth-order valence-electron chi connectivity index (χ4n) is 7.43. The van der Waals surface area contributed by atoms with Gasteiger partial charge in [-0.3, -0.25) is 24.2 Å². The van der Waals surface area contributed by atoms with E-state index in [0.717, 1.165) is 64.1 Å². The summed E-state index contributed by atoms with van der Waals surface area (Å²) in [6, 6.07) is 33.7. The molecule has 0 radical (unpaired) electrons. The number of amides is 4. The molecular weight excluding hydrogens is 1060 g/mol. The molecule has 0 bridgehead atoms. The first-order valence-corrected chi connectivity index (χ1v) is 26.1. The molecule has 81 heavy (non-hydrogen) atoms. The van der Waals surface area contributed by atoms with Crippen molar-refractivity contribution >= 4 is 57.7 Å². The molecule has 1 aliphatic carbocycles. The quantitative estimate of drug-likeness (QED) is 0.0497. The Labute approximate surface area is 467 Å². The van der Waals surface area contributed by atoms with Crippen molar-refractivity contribution in [2.75, 3.05) is 21.3 Å². The van der Waals surface area contributed by atoms with Gasteiger partial charge in [-0.05, 0) is 141 Å². The molecule has 1 saturated carbocycles. The summed E-state index contributed by atoms with van der Waals surface area (Å²) >= 11 is 1.50. The van der Waals surface area contributed by atoms with Crippen LogP contribution in [0.2, 0.25) is 0 Å². The van der Waals surface area contributed by atoms with E-state index in [9.17, 15) is 39.6 Å². The Kier molecular flexibility index (Phi) is 18.5. The molecule has 10 aromatic rings. The second-order valence-electron chi connectivity index (χ2n) is 18.6. The van der Waals surface area contributed by atoms with Gasteiger partial charge in [0.15, 0.2) is 34.3 Å². The lowest BCUT2D eigenvalue weighted by atomic mass is 10.2. The molecular formula is C59H55N9O12S. The Morgan fingerprint density at radius 3 is 1.38 bits per heavy atom. The molecule has 4 aromatic carbocycles. The maximum Gasteiger partial charge on any atom is 0.277 e. The molecule has 4 amide bonds. The molecule has 0 aliphatic heterocycles. The third-order valence-corrected chi connectivity index (χ3v) is 12.7. The Bertz CT molecular complexity index is 3790. The first kappa shape index (κ1) is 56.8. The van der Waals surface area contributed by atoms with Crippen molar-refractivity contribution in [2.24, 2.45) is 0 Å². The number of pyridine rings is 1. The summed E-state index contributed by atoms with van der Waals surface area (Å²) in [7, 11) is 0. The van der Waals surface area contributed by atoms with Crippen LogP contribution in [-0.4, -0.2) is 69.7 Å². The number of hydrogen-bond donors (Lipinski definition) is 8. The predicted molar refractivity (Wildman–Crippen MR) is 302 cm³/mol. The van der Waals surface area contributed by atoms with Crippen LogP contribution in [0.4, 0.5) is 22.7 Å². The van der Waals surface area contributed by atoms with E-state index < -0.39 is 17.7 Å². The summed E-state index contributed by atoms with van der Waals surface area (Å²) in [5, 5.41) is 66.2. The molecule has 0 atom stereocenters. The number of carbonyl (C=O) groups excluding carboxylic acids is 4. The van der Waals surface area contributed by atoms with Gasteiger partial charge in [-0.1, -0.05) is 57.9 Å². The van der Waals surface area contributed by atoms with Gasteiger partial charge in [0.25, 0.3) is 23.6 Å². The Morgan fingerprint density at radius 1 is 0.519 bits per heavy atom. The van der Waals surface area contributed by atoms with Gasteiger partial charge in [0, 0.05) is 54.6 Å². The topological polar surface area (TPSA) is 314 Å². The minimum atomic E-state index is -0.459. The van der Waals surface area contributed by atoms with Crippen LogP contribution in [0.5, 0.6) is 23.0 Å². The average Bonchev–Trinajstić information content (AvgIpc) is 4.17. The van der Waals surface area contributed by atoms with E-state index >= 15 is 0 Å². The van der Waals surface area contributed by atoms with Gasteiger partial charge in [0.05, 0.1) is 27.6 Å². The largest absolute Gasteiger partial charge is 0.506 e. The molecule has 0 unspecified atom stereocenters. The number of hydrogen-bond acceptors (Lipinski definition) is 18. The number of carbonyl (C=O) groups is 4. The van der Waals surface area contributed by atoms with E-state index in [1.165, 1.54) is 35.6 Å². The predicted octanol–water partition coefficient (Wildman–Crippen LogP) is 12.4. The molecule has 0 spiro atoms. The van der Waals surface area contributed by atoms with Gasteiger partial charge in [0.2, 0.25) is 0 Å². The van der Waals surface area contributed by atoms with Crippen molar-refractivity contribution in [3.8, 4) is 45.0 Å². The third kappa shape index (κ3) is 15.7. The normalized spacial score (nSPS) is 11.4. The second-order valence-corrected chi connectivity index (χ2v) is 19.5.